The molecule has 3 aromatic heterocycles. The van der Waals surface area contributed by atoms with Crippen molar-refractivity contribution in [3.8, 4) is 11.3 Å². The minimum atomic E-state index is -0.163. The first-order chi connectivity index (χ1) is 11.8. The van der Waals surface area contributed by atoms with Gasteiger partial charge in [-0.05, 0) is 24.3 Å². The summed E-state index contributed by atoms with van der Waals surface area (Å²) in [6.07, 6.45) is 3.25. The molecule has 0 aliphatic rings. The molecule has 24 heavy (non-hydrogen) atoms. The number of benzene rings is 1. The van der Waals surface area contributed by atoms with E-state index in [0.717, 1.165) is 17.0 Å². The number of hydrogen-bond donors (Lipinski definition) is 0. The maximum atomic E-state index is 12.7. The minimum absolute atomic E-state index is 0.163. The van der Waals surface area contributed by atoms with Gasteiger partial charge in [0.2, 0.25) is 0 Å². The molecule has 0 saturated carbocycles. The molecular formula is C19H14N4O. The Bertz CT molecular complexity index is 1040. The molecule has 5 heteroatoms. The summed E-state index contributed by atoms with van der Waals surface area (Å²) in [4.78, 5) is 25.9. The molecule has 3 heterocycles. The van der Waals surface area contributed by atoms with E-state index in [-0.39, 0.29) is 5.56 Å². The molecule has 0 unspecified atom stereocenters. The highest BCUT2D eigenvalue weighted by Crippen LogP contribution is 2.18. The van der Waals surface area contributed by atoms with Crippen LogP contribution in [-0.2, 0) is 6.54 Å². The van der Waals surface area contributed by atoms with E-state index in [2.05, 4.69) is 15.0 Å². The van der Waals surface area contributed by atoms with Gasteiger partial charge in [0.15, 0.2) is 5.52 Å². The lowest BCUT2D eigenvalue weighted by molar-refractivity contribution is 0.728. The summed E-state index contributed by atoms with van der Waals surface area (Å²) in [6, 6.07) is 19.1. The molecule has 0 fully saturated rings. The zero-order valence-electron chi connectivity index (χ0n) is 12.8. The van der Waals surface area contributed by atoms with Crippen LogP contribution in [0.5, 0.6) is 0 Å². The van der Waals surface area contributed by atoms with E-state index < -0.39 is 0 Å². The molecule has 0 aliphatic heterocycles. The standard InChI is InChI=1S/C19H14N4O/c24-19-18-17(10-9-16(22-18)14-6-2-1-3-7-14)21-13-23(19)12-15-8-4-5-11-20-15/h1-11,13H,12H2. The summed E-state index contributed by atoms with van der Waals surface area (Å²) in [6.45, 7) is 0.375. The Morgan fingerprint density at radius 1 is 0.875 bits per heavy atom. The van der Waals surface area contributed by atoms with E-state index in [9.17, 15) is 4.79 Å². The Balaban J connectivity index is 1.81. The van der Waals surface area contributed by atoms with Gasteiger partial charge in [0.1, 0.15) is 0 Å². The van der Waals surface area contributed by atoms with Gasteiger partial charge in [0.25, 0.3) is 5.56 Å². The molecule has 0 amide bonds. The van der Waals surface area contributed by atoms with Crippen LogP contribution in [0.2, 0.25) is 0 Å². The zero-order chi connectivity index (χ0) is 16.4. The van der Waals surface area contributed by atoms with Gasteiger partial charge in [-0.25, -0.2) is 9.97 Å². The highest BCUT2D eigenvalue weighted by atomic mass is 16.1. The van der Waals surface area contributed by atoms with Crippen molar-refractivity contribution in [1.29, 1.82) is 0 Å². The summed E-state index contributed by atoms with van der Waals surface area (Å²) in [5, 5.41) is 0. The molecule has 0 bridgehead atoms. The van der Waals surface area contributed by atoms with Crippen LogP contribution < -0.4 is 5.56 Å². The van der Waals surface area contributed by atoms with Crippen LogP contribution in [0.15, 0.2) is 78.0 Å². The normalized spacial score (nSPS) is 10.8. The Kier molecular flexibility index (Phi) is 3.59. The van der Waals surface area contributed by atoms with E-state index in [4.69, 9.17) is 0 Å². The van der Waals surface area contributed by atoms with Gasteiger partial charge >= 0.3 is 0 Å². The SMILES string of the molecule is O=c1c2nc(-c3ccccc3)ccc2ncn1Cc1ccccn1. The summed E-state index contributed by atoms with van der Waals surface area (Å²) in [5.41, 5.74) is 3.34. The average molecular weight is 314 g/mol. The van der Waals surface area contributed by atoms with Crippen LogP contribution in [0.1, 0.15) is 5.69 Å². The predicted octanol–water partition coefficient (Wildman–Crippen LogP) is 2.90. The fraction of sp³-hybridized carbons (Fsp3) is 0.0526. The van der Waals surface area contributed by atoms with Gasteiger partial charge in [-0.3, -0.25) is 14.3 Å². The average Bonchev–Trinajstić information content (AvgIpc) is 2.65. The number of rotatable bonds is 3. The second-order valence-electron chi connectivity index (χ2n) is 5.43. The third-order valence-corrected chi connectivity index (χ3v) is 3.80. The van der Waals surface area contributed by atoms with Crippen LogP contribution >= 0.6 is 0 Å². The molecule has 5 nitrogen and oxygen atoms in total. The second-order valence-corrected chi connectivity index (χ2v) is 5.43. The van der Waals surface area contributed by atoms with E-state index in [0.29, 0.717) is 17.6 Å². The lowest BCUT2D eigenvalue weighted by atomic mass is 10.1. The first kappa shape index (κ1) is 14.3. The Hall–Kier alpha value is -3.34. The number of hydrogen-bond acceptors (Lipinski definition) is 4. The maximum absolute atomic E-state index is 12.7. The summed E-state index contributed by atoms with van der Waals surface area (Å²) in [7, 11) is 0. The van der Waals surface area contributed by atoms with Crippen molar-refractivity contribution < 1.29 is 0 Å². The van der Waals surface area contributed by atoms with Gasteiger partial charge < -0.3 is 0 Å². The molecular weight excluding hydrogens is 300 g/mol. The first-order valence-corrected chi connectivity index (χ1v) is 7.63. The molecule has 1 aromatic carbocycles. The van der Waals surface area contributed by atoms with E-state index in [1.165, 1.54) is 4.57 Å². The number of aromatic nitrogens is 4. The van der Waals surface area contributed by atoms with Gasteiger partial charge in [-0.15, -0.1) is 0 Å². The number of nitrogens with zero attached hydrogens (tertiary/aromatic N) is 4. The van der Waals surface area contributed by atoms with Crippen LogP contribution in [0, 0.1) is 0 Å². The molecule has 4 aromatic rings. The van der Waals surface area contributed by atoms with Gasteiger partial charge in [-0.2, -0.15) is 0 Å². The summed E-state index contributed by atoms with van der Waals surface area (Å²) >= 11 is 0. The lowest BCUT2D eigenvalue weighted by Crippen LogP contribution is -2.22. The van der Waals surface area contributed by atoms with Crippen molar-refractivity contribution >= 4 is 11.0 Å². The van der Waals surface area contributed by atoms with E-state index >= 15 is 0 Å². The van der Waals surface area contributed by atoms with Crippen LogP contribution in [0.4, 0.5) is 0 Å². The van der Waals surface area contributed by atoms with Gasteiger partial charge in [0.05, 0.1) is 29.8 Å². The van der Waals surface area contributed by atoms with E-state index in [1.54, 1.807) is 12.5 Å². The largest absolute Gasteiger partial charge is 0.291 e. The summed E-state index contributed by atoms with van der Waals surface area (Å²) in [5.74, 6) is 0. The third kappa shape index (κ3) is 2.67. The van der Waals surface area contributed by atoms with Gasteiger partial charge in [0, 0.05) is 11.8 Å². The van der Waals surface area contributed by atoms with Crippen molar-refractivity contribution in [1.82, 2.24) is 19.5 Å². The molecule has 0 atom stereocenters. The first-order valence-electron chi connectivity index (χ1n) is 7.63. The quantitative estimate of drug-likeness (QED) is 0.583. The molecule has 0 N–H and O–H groups in total. The Morgan fingerprint density at radius 3 is 2.50 bits per heavy atom. The van der Waals surface area contributed by atoms with Crippen LogP contribution in [0.3, 0.4) is 0 Å². The van der Waals surface area contributed by atoms with Crippen molar-refractivity contribution in [2.24, 2.45) is 0 Å². The highest BCUT2D eigenvalue weighted by molar-refractivity contribution is 5.76. The highest BCUT2D eigenvalue weighted by Gasteiger charge is 2.08. The van der Waals surface area contributed by atoms with Crippen LogP contribution in [0.25, 0.3) is 22.3 Å². The monoisotopic (exact) mass is 314 g/mol. The second kappa shape index (κ2) is 6.04. The number of pyridine rings is 2. The fourth-order valence-electron chi connectivity index (χ4n) is 2.58. The predicted molar refractivity (Wildman–Crippen MR) is 92.6 cm³/mol. The molecule has 0 radical (unpaired) electrons. The lowest BCUT2D eigenvalue weighted by Gasteiger charge is -2.07. The zero-order valence-corrected chi connectivity index (χ0v) is 12.8. The van der Waals surface area contributed by atoms with Crippen molar-refractivity contribution in [2.45, 2.75) is 6.54 Å². The van der Waals surface area contributed by atoms with Crippen LogP contribution in [-0.4, -0.2) is 19.5 Å². The maximum Gasteiger partial charge on any atom is 0.280 e. The molecule has 0 spiro atoms. The Labute approximate surface area is 138 Å². The molecule has 0 aliphatic carbocycles. The molecule has 116 valence electrons. The summed E-state index contributed by atoms with van der Waals surface area (Å²) < 4.78 is 1.53. The van der Waals surface area contributed by atoms with E-state index in [1.807, 2.05) is 60.7 Å². The van der Waals surface area contributed by atoms with Crippen molar-refractivity contribution in [3.63, 3.8) is 0 Å². The number of fused-ring (bicyclic) bond motifs is 1. The topological polar surface area (TPSA) is 60.7 Å². The van der Waals surface area contributed by atoms with Gasteiger partial charge in [-0.1, -0.05) is 36.4 Å². The van der Waals surface area contributed by atoms with Crippen molar-refractivity contribution in [3.05, 3.63) is 89.2 Å². The minimum Gasteiger partial charge on any atom is -0.291 e. The molecule has 0 saturated heterocycles. The Morgan fingerprint density at radius 2 is 1.71 bits per heavy atom. The fourth-order valence-corrected chi connectivity index (χ4v) is 2.58. The van der Waals surface area contributed by atoms with Crippen molar-refractivity contribution in [2.75, 3.05) is 0 Å². The third-order valence-electron chi connectivity index (χ3n) is 3.80. The molecule has 4 rings (SSSR count). The smallest absolute Gasteiger partial charge is 0.280 e.